The van der Waals surface area contributed by atoms with Gasteiger partial charge in [-0.3, -0.25) is 13.9 Å². The SMILES string of the molecule is CC[C@@H](C)NC(=O)[C@H](CC)N(Cc1ccccc1C)C(=O)CCCN(c1ccc(OC)c(Cl)c1)S(C)(=O)=O. The molecule has 0 heterocycles. The Kier molecular flexibility index (Phi) is 11.9. The lowest BCUT2D eigenvalue weighted by Gasteiger charge is -2.32. The van der Waals surface area contributed by atoms with Crippen molar-refractivity contribution in [3.8, 4) is 5.75 Å². The Morgan fingerprint density at radius 2 is 1.79 bits per heavy atom. The first kappa shape index (κ1) is 31.4. The van der Waals surface area contributed by atoms with Gasteiger partial charge in [-0.15, -0.1) is 0 Å². The van der Waals surface area contributed by atoms with Crippen LogP contribution in [0.5, 0.6) is 5.75 Å². The van der Waals surface area contributed by atoms with Crippen molar-refractivity contribution < 1.29 is 22.7 Å². The third kappa shape index (κ3) is 8.63. The molecular weight excluding hydrogens is 526 g/mol. The maximum Gasteiger partial charge on any atom is 0.243 e. The van der Waals surface area contributed by atoms with Crippen molar-refractivity contribution >= 4 is 39.1 Å². The Morgan fingerprint density at radius 1 is 1.11 bits per heavy atom. The van der Waals surface area contributed by atoms with Gasteiger partial charge in [0.15, 0.2) is 0 Å². The van der Waals surface area contributed by atoms with Crippen molar-refractivity contribution in [3.63, 3.8) is 0 Å². The predicted molar refractivity (Wildman–Crippen MR) is 153 cm³/mol. The highest BCUT2D eigenvalue weighted by Gasteiger charge is 2.29. The largest absolute Gasteiger partial charge is 0.495 e. The molecule has 0 bridgehead atoms. The highest BCUT2D eigenvalue weighted by molar-refractivity contribution is 7.92. The Labute approximate surface area is 232 Å². The van der Waals surface area contributed by atoms with Crippen molar-refractivity contribution in [2.45, 2.75) is 72.0 Å². The van der Waals surface area contributed by atoms with E-state index >= 15 is 0 Å². The molecule has 2 aromatic rings. The Hall–Kier alpha value is -2.78. The molecule has 8 nitrogen and oxygen atoms in total. The van der Waals surface area contributed by atoms with Crippen LogP contribution in [-0.2, 0) is 26.2 Å². The molecule has 0 fully saturated rings. The van der Waals surface area contributed by atoms with E-state index in [1.807, 2.05) is 52.0 Å². The number of sulfonamides is 1. The zero-order chi connectivity index (χ0) is 28.5. The minimum atomic E-state index is -3.63. The second-order valence-corrected chi connectivity index (χ2v) is 11.8. The summed E-state index contributed by atoms with van der Waals surface area (Å²) >= 11 is 6.22. The predicted octanol–water partition coefficient (Wildman–Crippen LogP) is 4.93. The monoisotopic (exact) mass is 565 g/mol. The van der Waals surface area contributed by atoms with Crippen LogP contribution in [0, 0.1) is 6.92 Å². The Bertz CT molecular complexity index is 1200. The van der Waals surface area contributed by atoms with Gasteiger partial charge in [0.25, 0.3) is 0 Å². The van der Waals surface area contributed by atoms with Crippen LogP contribution in [0.15, 0.2) is 42.5 Å². The minimum Gasteiger partial charge on any atom is -0.495 e. The van der Waals surface area contributed by atoms with Gasteiger partial charge < -0.3 is 15.0 Å². The van der Waals surface area contributed by atoms with E-state index in [0.717, 1.165) is 23.8 Å². The normalized spacial score (nSPS) is 12.9. The number of methoxy groups -OCH3 is 1. The van der Waals surface area contributed by atoms with Crippen LogP contribution in [0.1, 0.15) is 57.6 Å². The summed E-state index contributed by atoms with van der Waals surface area (Å²) in [6.07, 6.45) is 2.70. The van der Waals surface area contributed by atoms with E-state index in [4.69, 9.17) is 16.3 Å². The van der Waals surface area contributed by atoms with E-state index < -0.39 is 16.1 Å². The van der Waals surface area contributed by atoms with Crippen molar-refractivity contribution in [1.29, 1.82) is 0 Å². The topological polar surface area (TPSA) is 96.0 Å². The molecular formula is C28H40ClN3O5S. The third-order valence-electron chi connectivity index (χ3n) is 6.56. The van der Waals surface area contributed by atoms with E-state index in [2.05, 4.69) is 5.32 Å². The van der Waals surface area contributed by atoms with Crippen LogP contribution >= 0.6 is 11.6 Å². The number of hydrogen-bond donors (Lipinski definition) is 1. The van der Waals surface area contributed by atoms with Gasteiger partial charge in [-0.1, -0.05) is 49.7 Å². The van der Waals surface area contributed by atoms with Crippen molar-refractivity contribution in [2.75, 3.05) is 24.2 Å². The molecule has 0 aliphatic heterocycles. The Morgan fingerprint density at radius 3 is 2.34 bits per heavy atom. The first-order valence-corrected chi connectivity index (χ1v) is 15.1. The van der Waals surface area contributed by atoms with Gasteiger partial charge in [-0.2, -0.15) is 0 Å². The molecule has 0 radical (unpaired) electrons. The number of amides is 2. The van der Waals surface area contributed by atoms with Crippen molar-refractivity contribution in [1.82, 2.24) is 10.2 Å². The second-order valence-electron chi connectivity index (χ2n) is 9.45. The number of carbonyl (C=O) groups excluding carboxylic acids is 2. The third-order valence-corrected chi connectivity index (χ3v) is 8.05. The quantitative estimate of drug-likeness (QED) is 0.350. The highest BCUT2D eigenvalue weighted by Crippen LogP contribution is 2.30. The molecule has 2 aromatic carbocycles. The Balaban J connectivity index is 2.26. The molecule has 0 aromatic heterocycles. The number of aryl methyl sites for hydroxylation is 1. The zero-order valence-corrected chi connectivity index (χ0v) is 24.7. The van der Waals surface area contributed by atoms with Gasteiger partial charge in [0.1, 0.15) is 11.8 Å². The van der Waals surface area contributed by atoms with Crippen molar-refractivity contribution in [2.24, 2.45) is 0 Å². The van der Waals surface area contributed by atoms with Gasteiger partial charge in [0.05, 0.1) is 24.1 Å². The molecule has 210 valence electrons. The van der Waals surface area contributed by atoms with Crippen LogP contribution < -0.4 is 14.4 Å². The fraction of sp³-hybridized carbons (Fsp3) is 0.500. The van der Waals surface area contributed by atoms with Crippen LogP contribution in [0.25, 0.3) is 0 Å². The molecule has 0 aliphatic rings. The first-order valence-electron chi connectivity index (χ1n) is 12.9. The maximum atomic E-state index is 13.6. The highest BCUT2D eigenvalue weighted by atomic mass is 35.5. The molecule has 2 atom stereocenters. The lowest BCUT2D eigenvalue weighted by atomic mass is 10.0. The summed E-state index contributed by atoms with van der Waals surface area (Å²) in [4.78, 5) is 28.3. The van der Waals surface area contributed by atoms with Crippen LogP contribution in [-0.4, -0.2) is 57.1 Å². The van der Waals surface area contributed by atoms with Crippen LogP contribution in [0.2, 0.25) is 5.02 Å². The standard InChI is InChI=1S/C28H40ClN3O5S/c1-7-21(4)30-28(34)25(8-2)31(19-22-13-10-9-12-20(22)3)27(33)14-11-17-32(38(6,35)36)23-15-16-26(37-5)24(29)18-23/h9-10,12-13,15-16,18,21,25H,7-8,11,14,17,19H2,1-6H3,(H,30,34)/t21-,25+/m1/s1. The smallest absolute Gasteiger partial charge is 0.243 e. The van der Waals surface area contributed by atoms with Gasteiger partial charge in [-0.25, -0.2) is 8.42 Å². The number of ether oxygens (including phenoxy) is 1. The molecule has 0 spiro atoms. The lowest BCUT2D eigenvalue weighted by molar-refractivity contribution is -0.141. The number of halogens is 1. The molecule has 0 unspecified atom stereocenters. The molecule has 0 saturated heterocycles. The zero-order valence-electron chi connectivity index (χ0n) is 23.2. The van der Waals surface area contributed by atoms with E-state index in [0.29, 0.717) is 24.4 Å². The van der Waals surface area contributed by atoms with E-state index in [9.17, 15) is 18.0 Å². The lowest BCUT2D eigenvalue weighted by Crippen LogP contribution is -2.50. The van der Waals surface area contributed by atoms with Gasteiger partial charge >= 0.3 is 0 Å². The summed E-state index contributed by atoms with van der Waals surface area (Å²) in [5.74, 6) is 0.0437. The van der Waals surface area contributed by atoms with Crippen LogP contribution in [0.3, 0.4) is 0 Å². The average molecular weight is 566 g/mol. The molecule has 0 aliphatic carbocycles. The summed E-state index contributed by atoms with van der Waals surface area (Å²) in [7, 11) is -2.15. The summed E-state index contributed by atoms with van der Waals surface area (Å²) in [5, 5.41) is 3.29. The minimum absolute atomic E-state index is 0.00777. The van der Waals surface area contributed by atoms with Gasteiger partial charge in [-0.05, 0) is 62.4 Å². The first-order chi connectivity index (χ1) is 17.9. The molecule has 2 amide bonds. The molecule has 2 rings (SSSR count). The second kappa shape index (κ2) is 14.4. The van der Waals surface area contributed by atoms with E-state index in [1.54, 1.807) is 17.0 Å². The van der Waals surface area contributed by atoms with E-state index in [-0.39, 0.29) is 42.3 Å². The van der Waals surface area contributed by atoms with Gasteiger partial charge in [0, 0.05) is 25.6 Å². The summed E-state index contributed by atoms with van der Waals surface area (Å²) < 4.78 is 31.5. The van der Waals surface area contributed by atoms with Gasteiger partial charge in [0.2, 0.25) is 21.8 Å². The molecule has 0 saturated carbocycles. The number of carbonyl (C=O) groups is 2. The number of rotatable bonds is 14. The fourth-order valence-corrected chi connectivity index (χ4v) is 5.36. The van der Waals surface area contributed by atoms with E-state index in [1.165, 1.54) is 17.5 Å². The fourth-order valence-electron chi connectivity index (χ4n) is 4.15. The molecule has 10 heteroatoms. The molecule has 1 N–H and O–H groups in total. The van der Waals surface area contributed by atoms with Crippen LogP contribution in [0.4, 0.5) is 5.69 Å². The maximum absolute atomic E-state index is 13.6. The number of anilines is 1. The average Bonchev–Trinajstić information content (AvgIpc) is 2.86. The molecule has 38 heavy (non-hydrogen) atoms. The number of hydrogen-bond acceptors (Lipinski definition) is 5. The number of benzene rings is 2. The number of nitrogens with one attached hydrogen (secondary N) is 1. The summed E-state index contributed by atoms with van der Waals surface area (Å²) in [5.41, 5.74) is 2.38. The summed E-state index contributed by atoms with van der Waals surface area (Å²) in [6, 6.07) is 11.9. The number of nitrogens with zero attached hydrogens (tertiary/aromatic N) is 2. The summed E-state index contributed by atoms with van der Waals surface area (Å²) in [6.45, 7) is 8.16. The van der Waals surface area contributed by atoms with Crippen molar-refractivity contribution in [3.05, 3.63) is 58.6 Å².